The fraction of sp³-hybridized carbons (Fsp3) is 0.583. The first-order valence-electron chi connectivity index (χ1n) is 5.93. The van der Waals surface area contributed by atoms with Gasteiger partial charge in [0, 0.05) is 19.1 Å². The molecule has 5 nitrogen and oxygen atoms in total. The minimum Gasteiger partial charge on any atom is -0.354 e. The number of rotatable bonds is 3. The molecule has 1 aliphatic rings. The van der Waals surface area contributed by atoms with E-state index in [1.807, 2.05) is 12.1 Å². The quantitative estimate of drug-likeness (QED) is 0.773. The Bertz CT molecular complexity index is 408. The maximum atomic E-state index is 8.67. The van der Waals surface area contributed by atoms with E-state index >= 15 is 0 Å². The summed E-state index contributed by atoms with van der Waals surface area (Å²) in [6.07, 6.45) is 1.16. The summed E-state index contributed by atoms with van der Waals surface area (Å²) in [6, 6.07) is 6.17. The molecule has 0 bridgehead atoms. The van der Waals surface area contributed by atoms with Gasteiger partial charge in [-0.3, -0.25) is 0 Å². The number of likely N-dealkylation sites (N-methyl/N-ethyl adjacent to an activating group) is 1. The van der Waals surface area contributed by atoms with Gasteiger partial charge in [-0.25, -0.2) is 0 Å². The lowest BCUT2D eigenvalue weighted by Crippen LogP contribution is -2.34. The first-order valence-corrected chi connectivity index (χ1v) is 5.93. The molecule has 5 heteroatoms. The van der Waals surface area contributed by atoms with Gasteiger partial charge in [0.2, 0.25) is 0 Å². The van der Waals surface area contributed by atoms with Crippen LogP contribution >= 0.6 is 0 Å². The van der Waals surface area contributed by atoms with Crippen molar-refractivity contribution in [1.29, 1.82) is 5.26 Å². The minimum atomic E-state index is 0.371. The lowest BCUT2D eigenvalue weighted by molar-refractivity contribution is 0.272. The van der Waals surface area contributed by atoms with Gasteiger partial charge in [0.05, 0.1) is 0 Å². The highest BCUT2D eigenvalue weighted by molar-refractivity contribution is 5.40. The van der Waals surface area contributed by atoms with Crippen LogP contribution in [-0.4, -0.2) is 47.8 Å². The van der Waals surface area contributed by atoms with Crippen molar-refractivity contribution in [2.45, 2.75) is 19.4 Å². The Kier molecular flexibility index (Phi) is 3.55. The highest BCUT2D eigenvalue weighted by Gasteiger charge is 2.25. The van der Waals surface area contributed by atoms with Gasteiger partial charge in [0.15, 0.2) is 11.5 Å². The van der Waals surface area contributed by atoms with E-state index in [9.17, 15) is 0 Å². The zero-order chi connectivity index (χ0) is 12.3. The van der Waals surface area contributed by atoms with Crippen molar-refractivity contribution in [3.63, 3.8) is 0 Å². The fourth-order valence-corrected chi connectivity index (χ4v) is 2.12. The summed E-state index contributed by atoms with van der Waals surface area (Å²) in [5.74, 6) is 0.871. The van der Waals surface area contributed by atoms with Crippen molar-refractivity contribution in [2.75, 3.05) is 31.6 Å². The molecule has 2 heterocycles. The molecular formula is C12H17N5. The van der Waals surface area contributed by atoms with Crippen LogP contribution in [-0.2, 0) is 0 Å². The molecule has 0 radical (unpaired) electrons. The molecule has 0 N–H and O–H groups in total. The molecule has 0 spiro atoms. The normalized spacial score (nSPS) is 19.6. The summed E-state index contributed by atoms with van der Waals surface area (Å²) >= 11 is 0. The predicted molar refractivity (Wildman–Crippen MR) is 65.7 cm³/mol. The van der Waals surface area contributed by atoms with E-state index < -0.39 is 0 Å². The maximum absolute atomic E-state index is 8.67. The van der Waals surface area contributed by atoms with Crippen LogP contribution in [0.3, 0.4) is 0 Å². The molecule has 90 valence electrons. The summed E-state index contributed by atoms with van der Waals surface area (Å²) in [5.41, 5.74) is 0.371. The highest BCUT2D eigenvalue weighted by Crippen LogP contribution is 2.19. The Morgan fingerprint density at radius 1 is 1.53 bits per heavy atom. The van der Waals surface area contributed by atoms with E-state index in [0.717, 1.165) is 31.9 Å². The molecule has 1 aromatic heterocycles. The van der Waals surface area contributed by atoms with Crippen LogP contribution in [0.5, 0.6) is 0 Å². The van der Waals surface area contributed by atoms with E-state index in [0.29, 0.717) is 11.7 Å². The van der Waals surface area contributed by atoms with Crippen LogP contribution in [0.2, 0.25) is 0 Å². The van der Waals surface area contributed by atoms with E-state index in [-0.39, 0.29) is 0 Å². The third kappa shape index (κ3) is 2.53. The number of anilines is 1. The number of hydrogen-bond donors (Lipinski definition) is 0. The van der Waals surface area contributed by atoms with E-state index in [4.69, 9.17) is 5.26 Å². The van der Waals surface area contributed by atoms with Crippen LogP contribution in [0.25, 0.3) is 0 Å². The Labute approximate surface area is 102 Å². The van der Waals surface area contributed by atoms with Gasteiger partial charge < -0.3 is 9.80 Å². The van der Waals surface area contributed by atoms with Gasteiger partial charge in [-0.15, -0.1) is 10.2 Å². The summed E-state index contributed by atoms with van der Waals surface area (Å²) in [7, 11) is 2.15. The monoisotopic (exact) mass is 231 g/mol. The molecule has 0 aliphatic carbocycles. The third-order valence-electron chi connectivity index (χ3n) is 3.37. The number of nitrogens with zero attached hydrogens (tertiary/aromatic N) is 5. The van der Waals surface area contributed by atoms with Gasteiger partial charge in [0.25, 0.3) is 0 Å². The third-order valence-corrected chi connectivity index (χ3v) is 3.37. The van der Waals surface area contributed by atoms with Crippen LogP contribution in [0, 0.1) is 11.3 Å². The predicted octanol–water partition coefficient (Wildman–Crippen LogP) is 0.879. The zero-order valence-electron chi connectivity index (χ0n) is 10.3. The molecule has 0 saturated carbocycles. The highest BCUT2D eigenvalue weighted by atomic mass is 15.3. The molecule has 17 heavy (non-hydrogen) atoms. The molecule has 0 aromatic carbocycles. The second kappa shape index (κ2) is 5.11. The van der Waals surface area contributed by atoms with Crippen LogP contribution < -0.4 is 4.90 Å². The second-order valence-electron chi connectivity index (χ2n) is 4.35. The van der Waals surface area contributed by atoms with Gasteiger partial charge in [-0.2, -0.15) is 5.26 Å². The number of aromatic nitrogens is 2. The van der Waals surface area contributed by atoms with Crippen molar-refractivity contribution >= 4 is 5.82 Å². The van der Waals surface area contributed by atoms with Crippen molar-refractivity contribution in [2.24, 2.45) is 0 Å². The standard InChI is InChI=1S/C12H17N5/c1-3-16(2)11-6-7-17(9-11)12-5-4-10(8-13)14-15-12/h4-5,11H,3,6-7,9H2,1-2H3. The largest absolute Gasteiger partial charge is 0.354 e. The molecule has 0 amide bonds. The van der Waals surface area contributed by atoms with Gasteiger partial charge in [-0.1, -0.05) is 6.92 Å². The van der Waals surface area contributed by atoms with Crippen LogP contribution in [0.1, 0.15) is 19.0 Å². The van der Waals surface area contributed by atoms with Crippen molar-refractivity contribution in [3.05, 3.63) is 17.8 Å². The molecule has 1 aliphatic heterocycles. The Hall–Kier alpha value is -1.67. The fourth-order valence-electron chi connectivity index (χ4n) is 2.12. The first kappa shape index (κ1) is 11.8. The lowest BCUT2D eigenvalue weighted by atomic mass is 10.2. The first-order chi connectivity index (χ1) is 8.24. The zero-order valence-corrected chi connectivity index (χ0v) is 10.3. The summed E-state index contributed by atoms with van der Waals surface area (Å²) in [6.45, 7) is 5.24. The lowest BCUT2D eigenvalue weighted by Gasteiger charge is -2.23. The van der Waals surface area contributed by atoms with Crippen LogP contribution in [0.4, 0.5) is 5.82 Å². The summed E-state index contributed by atoms with van der Waals surface area (Å²) in [4.78, 5) is 4.59. The van der Waals surface area contributed by atoms with E-state index in [1.54, 1.807) is 6.07 Å². The molecule has 1 unspecified atom stereocenters. The molecule has 1 fully saturated rings. The second-order valence-corrected chi connectivity index (χ2v) is 4.35. The number of hydrogen-bond acceptors (Lipinski definition) is 5. The Morgan fingerprint density at radius 3 is 2.94 bits per heavy atom. The Morgan fingerprint density at radius 2 is 2.35 bits per heavy atom. The van der Waals surface area contributed by atoms with Crippen molar-refractivity contribution in [3.8, 4) is 6.07 Å². The summed E-state index contributed by atoms with van der Waals surface area (Å²) in [5, 5.41) is 16.6. The molecule has 1 saturated heterocycles. The van der Waals surface area contributed by atoms with Crippen molar-refractivity contribution < 1.29 is 0 Å². The van der Waals surface area contributed by atoms with E-state index in [2.05, 4.69) is 34.0 Å². The van der Waals surface area contributed by atoms with E-state index in [1.165, 1.54) is 0 Å². The molecule has 2 rings (SSSR count). The number of nitriles is 1. The van der Waals surface area contributed by atoms with Crippen LogP contribution in [0.15, 0.2) is 12.1 Å². The smallest absolute Gasteiger partial charge is 0.163 e. The minimum absolute atomic E-state index is 0.371. The van der Waals surface area contributed by atoms with Gasteiger partial charge in [0.1, 0.15) is 6.07 Å². The average molecular weight is 231 g/mol. The molecule has 1 aromatic rings. The van der Waals surface area contributed by atoms with Gasteiger partial charge in [-0.05, 0) is 32.1 Å². The molecular weight excluding hydrogens is 214 g/mol. The average Bonchev–Trinajstić information content (AvgIpc) is 2.87. The Balaban J connectivity index is 2.02. The maximum Gasteiger partial charge on any atom is 0.163 e. The summed E-state index contributed by atoms with van der Waals surface area (Å²) < 4.78 is 0. The topological polar surface area (TPSA) is 56.0 Å². The molecule has 1 atom stereocenters. The SMILES string of the molecule is CCN(C)C1CCN(c2ccc(C#N)nn2)C1. The van der Waals surface area contributed by atoms with Crippen molar-refractivity contribution in [1.82, 2.24) is 15.1 Å². The van der Waals surface area contributed by atoms with Gasteiger partial charge >= 0.3 is 0 Å².